The number of amides is 1. The summed E-state index contributed by atoms with van der Waals surface area (Å²) in [5.41, 5.74) is 1.16. The van der Waals surface area contributed by atoms with Crippen molar-refractivity contribution in [1.82, 2.24) is 4.90 Å². The van der Waals surface area contributed by atoms with E-state index in [2.05, 4.69) is 0 Å². The molecule has 1 aromatic rings. The first-order chi connectivity index (χ1) is 10.1. The molecule has 0 saturated carbocycles. The molecule has 5 nitrogen and oxygen atoms in total. The molecule has 0 aliphatic carbocycles. The van der Waals surface area contributed by atoms with Crippen molar-refractivity contribution < 1.29 is 19.4 Å². The number of benzene rings is 1. The highest BCUT2D eigenvalue weighted by atomic mass is 16.5. The minimum absolute atomic E-state index is 0.0342. The summed E-state index contributed by atoms with van der Waals surface area (Å²) in [5, 5.41) is 9.02. The van der Waals surface area contributed by atoms with Gasteiger partial charge in [-0.25, -0.2) is 0 Å². The van der Waals surface area contributed by atoms with Crippen molar-refractivity contribution in [2.75, 3.05) is 19.7 Å². The predicted octanol–water partition coefficient (Wildman–Crippen LogP) is 2.09. The number of piperidine rings is 1. The number of nitrogens with zero attached hydrogens (tertiary/aromatic N) is 1. The van der Waals surface area contributed by atoms with Crippen LogP contribution in [0.4, 0.5) is 0 Å². The van der Waals surface area contributed by atoms with E-state index in [1.165, 1.54) is 0 Å². The summed E-state index contributed by atoms with van der Waals surface area (Å²) < 4.78 is 5.53. The van der Waals surface area contributed by atoms with Gasteiger partial charge in [-0.3, -0.25) is 9.59 Å². The van der Waals surface area contributed by atoms with Gasteiger partial charge >= 0.3 is 5.97 Å². The molecule has 114 valence electrons. The molecule has 5 heteroatoms. The first-order valence-corrected chi connectivity index (χ1v) is 7.26. The fourth-order valence-corrected chi connectivity index (χ4v) is 2.45. The highest BCUT2D eigenvalue weighted by Crippen LogP contribution is 2.17. The number of hydrogen-bond acceptors (Lipinski definition) is 3. The van der Waals surface area contributed by atoms with Crippen LogP contribution < -0.4 is 4.74 Å². The second-order valence-corrected chi connectivity index (χ2v) is 5.43. The molecule has 0 bridgehead atoms. The van der Waals surface area contributed by atoms with E-state index in [0.717, 1.165) is 17.7 Å². The summed E-state index contributed by atoms with van der Waals surface area (Å²) in [6, 6.07) is 7.67. The second-order valence-electron chi connectivity index (χ2n) is 5.43. The fourth-order valence-electron chi connectivity index (χ4n) is 2.45. The van der Waals surface area contributed by atoms with Gasteiger partial charge in [0.15, 0.2) is 0 Å². The molecular weight excluding hydrogens is 270 g/mol. The van der Waals surface area contributed by atoms with Crippen molar-refractivity contribution in [1.29, 1.82) is 0 Å². The highest BCUT2D eigenvalue weighted by Gasteiger charge is 2.27. The number of rotatable bonds is 5. The second kappa shape index (κ2) is 7.11. The van der Waals surface area contributed by atoms with Crippen molar-refractivity contribution >= 4 is 11.9 Å². The molecule has 1 fully saturated rings. The van der Waals surface area contributed by atoms with E-state index in [4.69, 9.17) is 9.84 Å². The SMILES string of the molecule is Cc1ccc(OCCC(=O)N2CCCC(C(=O)O)C2)cc1. The molecule has 1 aliphatic rings. The third-order valence-corrected chi connectivity index (χ3v) is 3.73. The van der Waals surface area contributed by atoms with Crippen molar-refractivity contribution in [3.05, 3.63) is 29.8 Å². The lowest BCUT2D eigenvalue weighted by atomic mass is 9.98. The standard InChI is InChI=1S/C16H21NO4/c1-12-4-6-14(7-5-12)21-10-8-15(18)17-9-2-3-13(11-17)16(19)20/h4-7,13H,2-3,8-11H2,1H3,(H,19,20). The van der Waals surface area contributed by atoms with Gasteiger partial charge in [0, 0.05) is 13.1 Å². The number of carbonyl (C=O) groups excluding carboxylic acids is 1. The third-order valence-electron chi connectivity index (χ3n) is 3.73. The van der Waals surface area contributed by atoms with Crippen molar-refractivity contribution in [3.8, 4) is 5.75 Å². The average molecular weight is 291 g/mol. The Hall–Kier alpha value is -2.04. The number of aryl methyl sites for hydroxylation is 1. The van der Waals surface area contributed by atoms with E-state index < -0.39 is 11.9 Å². The molecule has 1 amide bonds. The molecule has 0 spiro atoms. The minimum atomic E-state index is -0.816. The van der Waals surface area contributed by atoms with Crippen LogP contribution in [-0.2, 0) is 9.59 Å². The molecule has 1 aromatic carbocycles. The number of likely N-dealkylation sites (tertiary alicyclic amines) is 1. The van der Waals surface area contributed by atoms with E-state index in [1.54, 1.807) is 4.90 Å². The number of carboxylic acid groups (broad SMARTS) is 1. The molecule has 0 radical (unpaired) electrons. The molecule has 21 heavy (non-hydrogen) atoms. The maximum Gasteiger partial charge on any atom is 0.308 e. The summed E-state index contributed by atoms with van der Waals surface area (Å²) in [7, 11) is 0. The molecule has 0 aromatic heterocycles. The van der Waals surface area contributed by atoms with Crippen LogP contribution in [0, 0.1) is 12.8 Å². The molecule has 1 aliphatic heterocycles. The first-order valence-electron chi connectivity index (χ1n) is 7.26. The first kappa shape index (κ1) is 15.4. The molecule has 1 unspecified atom stereocenters. The van der Waals surface area contributed by atoms with Crippen LogP contribution in [0.5, 0.6) is 5.75 Å². The van der Waals surface area contributed by atoms with E-state index in [-0.39, 0.29) is 12.3 Å². The van der Waals surface area contributed by atoms with E-state index in [0.29, 0.717) is 26.1 Å². The summed E-state index contributed by atoms with van der Waals surface area (Å²) in [6.07, 6.45) is 1.68. The number of carboxylic acids is 1. The highest BCUT2D eigenvalue weighted by molar-refractivity contribution is 5.78. The number of ether oxygens (including phenoxy) is 1. The molecule has 1 heterocycles. The van der Waals surface area contributed by atoms with Gasteiger partial charge in [-0.2, -0.15) is 0 Å². The zero-order valence-electron chi connectivity index (χ0n) is 12.2. The molecule has 1 N–H and O–H groups in total. The zero-order valence-corrected chi connectivity index (χ0v) is 12.2. The lowest BCUT2D eigenvalue weighted by molar-refractivity contribution is -0.145. The smallest absolute Gasteiger partial charge is 0.308 e. The Kier molecular flexibility index (Phi) is 5.20. The lowest BCUT2D eigenvalue weighted by Gasteiger charge is -2.30. The zero-order chi connectivity index (χ0) is 15.2. The Morgan fingerprint density at radius 1 is 1.33 bits per heavy atom. The van der Waals surface area contributed by atoms with Crippen LogP contribution in [0.15, 0.2) is 24.3 Å². The topological polar surface area (TPSA) is 66.8 Å². The van der Waals surface area contributed by atoms with Crippen LogP contribution >= 0.6 is 0 Å². The largest absolute Gasteiger partial charge is 0.493 e. The summed E-state index contributed by atoms with van der Waals surface area (Å²) in [6.45, 7) is 3.28. The summed E-state index contributed by atoms with van der Waals surface area (Å²) >= 11 is 0. The maximum atomic E-state index is 12.1. The van der Waals surface area contributed by atoms with Gasteiger partial charge in [-0.05, 0) is 31.9 Å². The van der Waals surface area contributed by atoms with Gasteiger partial charge in [-0.1, -0.05) is 17.7 Å². The maximum absolute atomic E-state index is 12.1. The van der Waals surface area contributed by atoms with Gasteiger partial charge < -0.3 is 14.7 Å². The molecule has 1 atom stereocenters. The number of carbonyl (C=O) groups is 2. The minimum Gasteiger partial charge on any atom is -0.493 e. The summed E-state index contributed by atoms with van der Waals surface area (Å²) in [5.74, 6) is -0.535. The van der Waals surface area contributed by atoms with Crippen molar-refractivity contribution in [2.24, 2.45) is 5.92 Å². The quantitative estimate of drug-likeness (QED) is 0.902. The normalized spacial score (nSPS) is 18.3. The van der Waals surface area contributed by atoms with Gasteiger partial charge in [-0.15, -0.1) is 0 Å². The van der Waals surface area contributed by atoms with Gasteiger partial charge in [0.25, 0.3) is 0 Å². The fraction of sp³-hybridized carbons (Fsp3) is 0.500. The molecule has 2 rings (SSSR count). The lowest BCUT2D eigenvalue weighted by Crippen LogP contribution is -2.42. The third kappa shape index (κ3) is 4.48. The Morgan fingerprint density at radius 2 is 2.05 bits per heavy atom. The van der Waals surface area contributed by atoms with Crippen molar-refractivity contribution in [2.45, 2.75) is 26.2 Å². The number of aliphatic carboxylic acids is 1. The Morgan fingerprint density at radius 3 is 2.71 bits per heavy atom. The van der Waals surface area contributed by atoms with Crippen LogP contribution in [0.25, 0.3) is 0 Å². The van der Waals surface area contributed by atoms with Crippen molar-refractivity contribution in [3.63, 3.8) is 0 Å². The number of hydrogen-bond donors (Lipinski definition) is 1. The Labute approximate surface area is 124 Å². The van der Waals surface area contributed by atoms with Crippen LogP contribution in [-0.4, -0.2) is 41.6 Å². The summed E-state index contributed by atoms with van der Waals surface area (Å²) in [4.78, 5) is 24.7. The van der Waals surface area contributed by atoms with Crippen LogP contribution in [0.3, 0.4) is 0 Å². The monoisotopic (exact) mass is 291 g/mol. The van der Waals surface area contributed by atoms with Gasteiger partial charge in [0.2, 0.25) is 5.91 Å². The predicted molar refractivity (Wildman–Crippen MR) is 78.2 cm³/mol. The average Bonchev–Trinajstić information content (AvgIpc) is 2.49. The Bertz CT molecular complexity index is 498. The van der Waals surface area contributed by atoms with Gasteiger partial charge in [0.1, 0.15) is 5.75 Å². The molecular formula is C16H21NO4. The van der Waals surface area contributed by atoms with Crippen LogP contribution in [0.1, 0.15) is 24.8 Å². The Balaban J connectivity index is 1.76. The van der Waals surface area contributed by atoms with Crippen LogP contribution in [0.2, 0.25) is 0 Å². The van der Waals surface area contributed by atoms with E-state index >= 15 is 0 Å². The van der Waals surface area contributed by atoms with Gasteiger partial charge in [0.05, 0.1) is 18.9 Å². The van der Waals surface area contributed by atoms with E-state index in [1.807, 2.05) is 31.2 Å². The van der Waals surface area contributed by atoms with E-state index in [9.17, 15) is 9.59 Å². The molecule has 1 saturated heterocycles.